The van der Waals surface area contributed by atoms with Crippen molar-refractivity contribution in [2.24, 2.45) is 0 Å². The van der Waals surface area contributed by atoms with Crippen LogP contribution in [0.25, 0.3) is 22.0 Å². The van der Waals surface area contributed by atoms with Gasteiger partial charge in [0.05, 0.1) is 0 Å². The Bertz CT molecular complexity index is 985. The molecule has 0 spiro atoms. The SMILES string of the molecule is Cc1ccc2c(-c3ccnc(C)c3)c(C3CCOCC3)c(=O)[nH]c2c1. The van der Waals surface area contributed by atoms with Crippen LogP contribution in [0.2, 0.25) is 0 Å². The van der Waals surface area contributed by atoms with Crippen molar-refractivity contribution in [2.45, 2.75) is 32.6 Å². The summed E-state index contributed by atoms with van der Waals surface area (Å²) in [5, 5.41) is 1.09. The third-order valence-electron chi connectivity index (χ3n) is 5.02. The molecule has 0 radical (unpaired) electrons. The van der Waals surface area contributed by atoms with Crippen molar-refractivity contribution >= 4 is 10.9 Å². The van der Waals surface area contributed by atoms with Gasteiger partial charge in [-0.2, -0.15) is 0 Å². The quantitative estimate of drug-likeness (QED) is 0.767. The number of benzene rings is 1. The molecule has 4 rings (SSSR count). The Kier molecular flexibility index (Phi) is 4.14. The number of fused-ring (bicyclic) bond motifs is 1. The molecule has 3 heterocycles. The molecule has 128 valence electrons. The van der Waals surface area contributed by atoms with E-state index in [0.29, 0.717) is 13.2 Å². The lowest BCUT2D eigenvalue weighted by Gasteiger charge is -2.25. The zero-order chi connectivity index (χ0) is 17.4. The summed E-state index contributed by atoms with van der Waals surface area (Å²) in [5.74, 6) is 0.228. The molecule has 0 atom stereocenters. The Morgan fingerprint density at radius 1 is 1.12 bits per heavy atom. The van der Waals surface area contributed by atoms with Gasteiger partial charge < -0.3 is 9.72 Å². The number of nitrogens with one attached hydrogen (secondary N) is 1. The fourth-order valence-corrected chi connectivity index (χ4v) is 3.82. The number of H-pyrrole nitrogens is 1. The average Bonchev–Trinajstić information content (AvgIpc) is 2.61. The van der Waals surface area contributed by atoms with Gasteiger partial charge in [0.15, 0.2) is 0 Å². The highest BCUT2D eigenvalue weighted by atomic mass is 16.5. The van der Waals surface area contributed by atoms with Crippen LogP contribution in [0.15, 0.2) is 41.3 Å². The van der Waals surface area contributed by atoms with E-state index in [1.807, 2.05) is 32.2 Å². The van der Waals surface area contributed by atoms with Crippen molar-refractivity contribution in [3.8, 4) is 11.1 Å². The highest BCUT2D eigenvalue weighted by molar-refractivity contribution is 5.96. The maximum Gasteiger partial charge on any atom is 0.252 e. The normalized spacial score (nSPS) is 15.6. The second-order valence-electron chi connectivity index (χ2n) is 6.86. The van der Waals surface area contributed by atoms with Crippen LogP contribution in [0, 0.1) is 13.8 Å². The zero-order valence-electron chi connectivity index (χ0n) is 14.6. The Labute approximate surface area is 146 Å². The number of aromatic nitrogens is 2. The van der Waals surface area contributed by atoms with Gasteiger partial charge in [0, 0.05) is 47.1 Å². The van der Waals surface area contributed by atoms with Crippen molar-refractivity contribution in [1.82, 2.24) is 9.97 Å². The van der Waals surface area contributed by atoms with Crippen LogP contribution in [0.1, 0.15) is 35.6 Å². The molecule has 1 aliphatic heterocycles. The van der Waals surface area contributed by atoms with Crippen LogP contribution in [0.4, 0.5) is 0 Å². The van der Waals surface area contributed by atoms with Crippen molar-refractivity contribution in [2.75, 3.05) is 13.2 Å². The molecule has 1 aromatic carbocycles. The van der Waals surface area contributed by atoms with E-state index in [-0.39, 0.29) is 11.5 Å². The molecule has 1 aliphatic rings. The predicted molar refractivity (Wildman–Crippen MR) is 100 cm³/mol. The molecule has 4 heteroatoms. The van der Waals surface area contributed by atoms with E-state index in [2.05, 4.69) is 28.2 Å². The van der Waals surface area contributed by atoms with E-state index >= 15 is 0 Å². The van der Waals surface area contributed by atoms with Crippen LogP contribution in [0.5, 0.6) is 0 Å². The van der Waals surface area contributed by atoms with Gasteiger partial charge >= 0.3 is 0 Å². The van der Waals surface area contributed by atoms with E-state index in [4.69, 9.17) is 4.74 Å². The van der Waals surface area contributed by atoms with Crippen molar-refractivity contribution < 1.29 is 4.74 Å². The monoisotopic (exact) mass is 334 g/mol. The molecule has 2 aromatic heterocycles. The number of aromatic amines is 1. The maximum atomic E-state index is 13.0. The van der Waals surface area contributed by atoms with E-state index in [1.54, 1.807) is 0 Å². The Morgan fingerprint density at radius 3 is 2.68 bits per heavy atom. The summed E-state index contributed by atoms with van der Waals surface area (Å²) in [6.07, 6.45) is 3.59. The molecule has 0 bridgehead atoms. The first kappa shape index (κ1) is 16.0. The zero-order valence-corrected chi connectivity index (χ0v) is 14.6. The van der Waals surface area contributed by atoms with Crippen LogP contribution >= 0.6 is 0 Å². The van der Waals surface area contributed by atoms with Crippen molar-refractivity contribution in [3.05, 3.63) is 63.7 Å². The van der Waals surface area contributed by atoms with E-state index in [9.17, 15) is 4.79 Å². The van der Waals surface area contributed by atoms with Gasteiger partial charge in [0.2, 0.25) is 0 Å². The van der Waals surface area contributed by atoms with Crippen molar-refractivity contribution in [3.63, 3.8) is 0 Å². The van der Waals surface area contributed by atoms with Crippen molar-refractivity contribution in [1.29, 1.82) is 0 Å². The lowest BCUT2D eigenvalue weighted by molar-refractivity contribution is 0.0852. The minimum Gasteiger partial charge on any atom is -0.381 e. The highest BCUT2D eigenvalue weighted by Crippen LogP contribution is 2.37. The van der Waals surface area contributed by atoms with Crippen LogP contribution < -0.4 is 5.56 Å². The second-order valence-corrected chi connectivity index (χ2v) is 6.86. The Hall–Kier alpha value is -2.46. The van der Waals surface area contributed by atoms with Crippen LogP contribution in [0.3, 0.4) is 0 Å². The fraction of sp³-hybridized carbons (Fsp3) is 0.333. The predicted octanol–water partition coefficient (Wildman–Crippen LogP) is 4.10. The number of hydrogen-bond acceptors (Lipinski definition) is 3. The smallest absolute Gasteiger partial charge is 0.252 e. The Balaban J connectivity index is 2.05. The standard InChI is InChI=1S/C21H22N2O2/c1-13-3-4-17-18(11-13)23-21(24)20(15-6-9-25-10-7-15)19(17)16-5-8-22-14(2)12-16/h3-5,8,11-12,15H,6-7,9-10H2,1-2H3,(H,23,24). The number of rotatable bonds is 2. The average molecular weight is 334 g/mol. The van der Waals surface area contributed by atoms with Gasteiger partial charge in [-0.3, -0.25) is 9.78 Å². The molecular weight excluding hydrogens is 312 g/mol. The summed E-state index contributed by atoms with van der Waals surface area (Å²) in [4.78, 5) is 20.4. The summed E-state index contributed by atoms with van der Waals surface area (Å²) in [6, 6.07) is 10.3. The summed E-state index contributed by atoms with van der Waals surface area (Å²) in [6.45, 7) is 5.45. The maximum absolute atomic E-state index is 13.0. The van der Waals surface area contributed by atoms with E-state index < -0.39 is 0 Å². The number of aryl methyl sites for hydroxylation is 2. The number of pyridine rings is 2. The van der Waals surface area contributed by atoms with Gasteiger partial charge in [0.25, 0.3) is 5.56 Å². The highest BCUT2D eigenvalue weighted by Gasteiger charge is 2.24. The topological polar surface area (TPSA) is 55.0 Å². The molecule has 0 saturated carbocycles. The minimum atomic E-state index is 0.0227. The first-order valence-corrected chi connectivity index (χ1v) is 8.81. The van der Waals surface area contributed by atoms with Gasteiger partial charge in [-0.15, -0.1) is 0 Å². The molecule has 4 nitrogen and oxygen atoms in total. The van der Waals surface area contributed by atoms with Gasteiger partial charge in [-0.1, -0.05) is 12.1 Å². The second kappa shape index (κ2) is 6.45. The lowest BCUT2D eigenvalue weighted by atomic mass is 9.85. The molecule has 1 fully saturated rings. The van der Waals surface area contributed by atoms with Gasteiger partial charge in [-0.25, -0.2) is 0 Å². The van der Waals surface area contributed by atoms with Gasteiger partial charge in [0.1, 0.15) is 0 Å². The first-order chi connectivity index (χ1) is 12.1. The molecule has 0 unspecified atom stereocenters. The first-order valence-electron chi connectivity index (χ1n) is 8.81. The summed E-state index contributed by atoms with van der Waals surface area (Å²) in [5.41, 5.74) is 6.02. The van der Waals surface area contributed by atoms with Crippen LogP contribution in [-0.2, 0) is 4.74 Å². The summed E-state index contributed by atoms with van der Waals surface area (Å²) >= 11 is 0. The molecule has 1 saturated heterocycles. The van der Waals surface area contributed by atoms with E-state index in [1.165, 1.54) is 0 Å². The third-order valence-corrected chi connectivity index (χ3v) is 5.02. The van der Waals surface area contributed by atoms with Gasteiger partial charge in [-0.05, 0) is 61.9 Å². The molecule has 0 amide bonds. The molecular formula is C21H22N2O2. The molecule has 1 N–H and O–H groups in total. The molecule has 25 heavy (non-hydrogen) atoms. The van der Waals surface area contributed by atoms with Crippen LogP contribution in [-0.4, -0.2) is 23.2 Å². The fourth-order valence-electron chi connectivity index (χ4n) is 3.82. The number of ether oxygens (including phenoxy) is 1. The molecule has 3 aromatic rings. The number of nitrogens with zero attached hydrogens (tertiary/aromatic N) is 1. The Morgan fingerprint density at radius 2 is 1.92 bits per heavy atom. The molecule has 0 aliphatic carbocycles. The summed E-state index contributed by atoms with van der Waals surface area (Å²) < 4.78 is 5.51. The lowest BCUT2D eigenvalue weighted by Crippen LogP contribution is -2.23. The minimum absolute atomic E-state index is 0.0227. The van der Waals surface area contributed by atoms with E-state index in [0.717, 1.165) is 51.7 Å². The largest absolute Gasteiger partial charge is 0.381 e. The number of hydrogen-bond donors (Lipinski definition) is 1. The third kappa shape index (κ3) is 2.98. The summed E-state index contributed by atoms with van der Waals surface area (Å²) in [7, 11) is 0.